The fourth-order valence-corrected chi connectivity index (χ4v) is 1.57. The molecule has 0 aliphatic heterocycles. The maximum absolute atomic E-state index is 12.7. The van der Waals surface area contributed by atoms with Gasteiger partial charge in [-0.1, -0.05) is 0 Å². The number of aromatic hydroxyl groups is 1. The summed E-state index contributed by atoms with van der Waals surface area (Å²) in [4.78, 5) is 14.8. The van der Waals surface area contributed by atoms with Gasteiger partial charge in [0.1, 0.15) is 11.4 Å². The summed E-state index contributed by atoms with van der Waals surface area (Å²) in [6, 6.07) is 0. The molecule has 0 aromatic carbocycles. The molecule has 3 N–H and O–H groups in total. The number of esters is 1. The number of alkyl halides is 2. The fourth-order valence-electron chi connectivity index (χ4n) is 1.57. The van der Waals surface area contributed by atoms with Gasteiger partial charge >= 0.3 is 5.97 Å². The summed E-state index contributed by atoms with van der Waals surface area (Å²) in [5, 5.41) is 9.58. The lowest BCUT2D eigenvalue weighted by atomic mass is 10.0. The van der Waals surface area contributed by atoms with E-state index < -0.39 is 18.1 Å². The standard InChI is InChI=1S/C11H14F2N2O3/c1-2-18-9(17)3-6-7(4-14)10(11(12)13)15-5-8(6)16/h5,11,16H,2-4,14H2,1H3. The molecule has 0 radical (unpaired) electrons. The van der Waals surface area contributed by atoms with Crippen LogP contribution in [0.25, 0.3) is 0 Å². The summed E-state index contributed by atoms with van der Waals surface area (Å²) in [6.07, 6.45) is -2.24. The maximum atomic E-state index is 12.7. The molecule has 0 aliphatic rings. The Morgan fingerprint density at radius 1 is 1.56 bits per heavy atom. The van der Waals surface area contributed by atoms with Crippen LogP contribution < -0.4 is 5.73 Å². The molecule has 1 aromatic heterocycles. The van der Waals surface area contributed by atoms with E-state index in [1.807, 2.05) is 0 Å². The van der Waals surface area contributed by atoms with Crippen molar-refractivity contribution in [3.8, 4) is 5.75 Å². The maximum Gasteiger partial charge on any atom is 0.310 e. The van der Waals surface area contributed by atoms with Crippen LogP contribution in [0.3, 0.4) is 0 Å². The third-order valence-corrected chi connectivity index (χ3v) is 2.35. The summed E-state index contributed by atoms with van der Waals surface area (Å²) < 4.78 is 30.1. The third-order valence-electron chi connectivity index (χ3n) is 2.35. The zero-order chi connectivity index (χ0) is 13.7. The predicted octanol–water partition coefficient (Wildman–Crippen LogP) is 1.29. The van der Waals surface area contributed by atoms with E-state index >= 15 is 0 Å². The quantitative estimate of drug-likeness (QED) is 0.779. The molecule has 1 heterocycles. The lowest BCUT2D eigenvalue weighted by Gasteiger charge is -2.13. The molecule has 7 heteroatoms. The smallest absolute Gasteiger partial charge is 0.310 e. The van der Waals surface area contributed by atoms with E-state index in [1.54, 1.807) is 6.92 Å². The minimum absolute atomic E-state index is 0.0157. The Kier molecular flexibility index (Phi) is 4.96. The first-order valence-electron chi connectivity index (χ1n) is 5.34. The summed E-state index contributed by atoms with van der Waals surface area (Å²) in [5.41, 5.74) is 4.88. The molecule has 0 atom stereocenters. The highest BCUT2D eigenvalue weighted by atomic mass is 19.3. The van der Waals surface area contributed by atoms with E-state index in [2.05, 4.69) is 4.98 Å². The Morgan fingerprint density at radius 2 is 2.22 bits per heavy atom. The van der Waals surface area contributed by atoms with E-state index in [0.717, 1.165) is 6.20 Å². The first-order chi connectivity index (χ1) is 8.51. The predicted molar refractivity (Wildman–Crippen MR) is 59.1 cm³/mol. The SMILES string of the molecule is CCOC(=O)Cc1c(O)cnc(C(F)F)c1CN. The minimum Gasteiger partial charge on any atom is -0.506 e. The average Bonchev–Trinajstić information content (AvgIpc) is 2.31. The zero-order valence-corrected chi connectivity index (χ0v) is 9.82. The molecular formula is C11H14F2N2O3. The van der Waals surface area contributed by atoms with Crippen molar-refractivity contribution < 1.29 is 23.4 Å². The van der Waals surface area contributed by atoms with Gasteiger partial charge in [0.15, 0.2) is 0 Å². The van der Waals surface area contributed by atoms with Crippen molar-refractivity contribution in [1.29, 1.82) is 0 Å². The molecular weight excluding hydrogens is 246 g/mol. The van der Waals surface area contributed by atoms with Gasteiger partial charge < -0.3 is 15.6 Å². The van der Waals surface area contributed by atoms with Crippen LogP contribution >= 0.6 is 0 Å². The first kappa shape index (κ1) is 14.3. The normalized spacial score (nSPS) is 10.7. The van der Waals surface area contributed by atoms with Crippen molar-refractivity contribution in [3.63, 3.8) is 0 Å². The number of pyridine rings is 1. The largest absolute Gasteiger partial charge is 0.506 e. The summed E-state index contributed by atoms with van der Waals surface area (Å²) >= 11 is 0. The van der Waals surface area contributed by atoms with Gasteiger partial charge in [-0.25, -0.2) is 8.78 Å². The zero-order valence-electron chi connectivity index (χ0n) is 9.82. The highest BCUT2D eigenvalue weighted by molar-refractivity contribution is 5.74. The van der Waals surface area contributed by atoms with E-state index in [-0.39, 0.29) is 36.4 Å². The highest BCUT2D eigenvalue weighted by Crippen LogP contribution is 2.29. The van der Waals surface area contributed by atoms with Crippen LogP contribution in [-0.4, -0.2) is 22.7 Å². The van der Waals surface area contributed by atoms with Gasteiger partial charge in [-0.05, 0) is 6.92 Å². The van der Waals surface area contributed by atoms with Gasteiger partial charge in [0, 0.05) is 17.7 Å². The van der Waals surface area contributed by atoms with Crippen molar-refractivity contribution in [1.82, 2.24) is 4.98 Å². The van der Waals surface area contributed by atoms with Crippen molar-refractivity contribution in [2.45, 2.75) is 26.3 Å². The van der Waals surface area contributed by atoms with Crippen LogP contribution in [0.2, 0.25) is 0 Å². The van der Waals surface area contributed by atoms with Crippen LogP contribution in [0.5, 0.6) is 5.75 Å². The molecule has 1 rings (SSSR count). The van der Waals surface area contributed by atoms with Gasteiger partial charge in [-0.15, -0.1) is 0 Å². The molecule has 0 fully saturated rings. The Labute approximate surface area is 103 Å². The van der Waals surface area contributed by atoms with E-state index in [4.69, 9.17) is 10.5 Å². The van der Waals surface area contributed by atoms with E-state index in [0.29, 0.717) is 0 Å². The van der Waals surface area contributed by atoms with Crippen LogP contribution in [0.1, 0.15) is 30.2 Å². The number of hydrogen-bond donors (Lipinski definition) is 2. The number of carbonyl (C=O) groups is 1. The molecule has 0 unspecified atom stereocenters. The van der Waals surface area contributed by atoms with Crippen LogP contribution in [0, 0.1) is 0 Å². The van der Waals surface area contributed by atoms with Gasteiger partial charge in [0.05, 0.1) is 19.2 Å². The number of nitrogens with zero attached hydrogens (tertiary/aromatic N) is 1. The molecule has 5 nitrogen and oxygen atoms in total. The Morgan fingerprint density at radius 3 is 2.72 bits per heavy atom. The van der Waals surface area contributed by atoms with Crippen molar-refractivity contribution in [2.75, 3.05) is 6.61 Å². The molecule has 1 aromatic rings. The number of aromatic nitrogens is 1. The second-order valence-electron chi connectivity index (χ2n) is 3.47. The molecule has 100 valence electrons. The van der Waals surface area contributed by atoms with Gasteiger partial charge in [-0.3, -0.25) is 9.78 Å². The molecule has 0 saturated carbocycles. The van der Waals surface area contributed by atoms with Crippen LogP contribution in [0.4, 0.5) is 8.78 Å². The number of rotatable bonds is 5. The van der Waals surface area contributed by atoms with Crippen LogP contribution in [-0.2, 0) is 22.5 Å². The molecule has 0 spiro atoms. The van der Waals surface area contributed by atoms with Crippen molar-refractivity contribution >= 4 is 5.97 Å². The average molecular weight is 260 g/mol. The third kappa shape index (κ3) is 3.13. The summed E-state index contributed by atoms with van der Waals surface area (Å²) in [5.74, 6) is -0.957. The Hall–Kier alpha value is -1.76. The number of hydrogen-bond acceptors (Lipinski definition) is 5. The summed E-state index contributed by atoms with van der Waals surface area (Å²) in [6.45, 7) is 1.55. The van der Waals surface area contributed by atoms with Crippen molar-refractivity contribution in [3.05, 3.63) is 23.0 Å². The number of carbonyl (C=O) groups excluding carboxylic acids is 1. The minimum atomic E-state index is -2.81. The molecule has 0 bridgehead atoms. The monoisotopic (exact) mass is 260 g/mol. The molecule has 18 heavy (non-hydrogen) atoms. The lowest BCUT2D eigenvalue weighted by molar-refractivity contribution is -0.142. The Bertz CT molecular complexity index is 439. The number of ether oxygens (including phenoxy) is 1. The highest BCUT2D eigenvalue weighted by Gasteiger charge is 2.21. The lowest BCUT2D eigenvalue weighted by Crippen LogP contribution is -2.14. The van der Waals surface area contributed by atoms with Crippen LogP contribution in [0.15, 0.2) is 6.20 Å². The molecule has 0 amide bonds. The van der Waals surface area contributed by atoms with Gasteiger partial charge in [0.2, 0.25) is 0 Å². The van der Waals surface area contributed by atoms with E-state index in [9.17, 15) is 18.7 Å². The summed E-state index contributed by atoms with van der Waals surface area (Å²) in [7, 11) is 0. The number of nitrogens with two attached hydrogens (primary N) is 1. The van der Waals surface area contributed by atoms with Gasteiger partial charge in [-0.2, -0.15) is 0 Å². The first-order valence-corrected chi connectivity index (χ1v) is 5.34. The Balaban J connectivity index is 3.15. The molecule has 0 aliphatic carbocycles. The second kappa shape index (κ2) is 6.25. The second-order valence-corrected chi connectivity index (χ2v) is 3.47. The molecule has 0 saturated heterocycles. The fraction of sp³-hybridized carbons (Fsp3) is 0.455. The van der Waals surface area contributed by atoms with Gasteiger partial charge in [0.25, 0.3) is 6.43 Å². The number of halogens is 2. The topological polar surface area (TPSA) is 85.4 Å². The van der Waals surface area contributed by atoms with Crippen molar-refractivity contribution in [2.24, 2.45) is 5.73 Å². The van der Waals surface area contributed by atoms with E-state index in [1.165, 1.54) is 0 Å².